The molecule has 0 heterocycles. The zero-order valence-electron chi connectivity index (χ0n) is 13.3. The number of nitrogens with two attached hydrogens (primary N) is 1. The van der Waals surface area contributed by atoms with Crippen molar-refractivity contribution in [3.05, 3.63) is 23.3 Å². The average Bonchev–Trinajstić information content (AvgIpc) is 2.32. The zero-order chi connectivity index (χ0) is 15.4. The van der Waals surface area contributed by atoms with Gasteiger partial charge in [-0.3, -0.25) is 4.79 Å². The van der Waals surface area contributed by atoms with Crippen molar-refractivity contribution in [2.45, 2.75) is 59.6 Å². The Kier molecular flexibility index (Phi) is 5.43. The number of nitrogen functional groups attached to an aromatic ring is 1. The maximum Gasteiger partial charge on any atom is 0.260 e. The molecule has 1 aromatic carbocycles. The van der Waals surface area contributed by atoms with Crippen molar-refractivity contribution in [2.24, 2.45) is 0 Å². The van der Waals surface area contributed by atoms with Crippen molar-refractivity contribution in [3.63, 3.8) is 0 Å². The van der Waals surface area contributed by atoms with Gasteiger partial charge in [0.2, 0.25) is 0 Å². The molecule has 20 heavy (non-hydrogen) atoms. The van der Waals surface area contributed by atoms with E-state index in [0.29, 0.717) is 0 Å². The summed E-state index contributed by atoms with van der Waals surface area (Å²) in [4.78, 5) is 11.9. The molecule has 4 heteroatoms. The first-order valence-corrected chi connectivity index (χ1v) is 7.09. The molecule has 1 aromatic rings. The first kappa shape index (κ1) is 16.3. The Balaban J connectivity index is 2.96. The summed E-state index contributed by atoms with van der Waals surface area (Å²) in [5.41, 5.74) is 8.68. The van der Waals surface area contributed by atoms with Gasteiger partial charge < -0.3 is 15.8 Å². The first-order valence-electron chi connectivity index (χ1n) is 7.09. The van der Waals surface area contributed by atoms with Gasteiger partial charge in [0, 0.05) is 11.7 Å². The molecular formula is C16H26N2O2. The van der Waals surface area contributed by atoms with Crippen LogP contribution in [0.15, 0.2) is 12.1 Å². The summed E-state index contributed by atoms with van der Waals surface area (Å²) in [6, 6.07) is 3.94. The largest absolute Gasteiger partial charge is 0.481 e. The molecule has 0 radical (unpaired) electrons. The van der Waals surface area contributed by atoms with Crippen LogP contribution in [0.4, 0.5) is 5.69 Å². The van der Waals surface area contributed by atoms with Crippen molar-refractivity contribution in [2.75, 3.05) is 5.73 Å². The molecule has 0 saturated carbocycles. The van der Waals surface area contributed by atoms with Crippen molar-refractivity contribution < 1.29 is 9.53 Å². The minimum Gasteiger partial charge on any atom is -0.481 e. The van der Waals surface area contributed by atoms with Gasteiger partial charge in [-0.05, 0) is 56.9 Å². The summed E-state index contributed by atoms with van der Waals surface area (Å²) in [5, 5.41) is 2.85. The van der Waals surface area contributed by atoms with E-state index >= 15 is 0 Å². The molecular weight excluding hydrogens is 252 g/mol. The normalized spacial score (nSPS) is 12.6. The molecule has 1 amide bonds. The van der Waals surface area contributed by atoms with E-state index in [1.807, 2.05) is 32.9 Å². The molecule has 112 valence electrons. The number of hydrogen-bond acceptors (Lipinski definition) is 3. The lowest BCUT2D eigenvalue weighted by molar-refractivity contribution is -0.127. The predicted octanol–water partition coefficient (Wildman–Crippen LogP) is 2.99. The van der Waals surface area contributed by atoms with Crippen molar-refractivity contribution >= 4 is 11.6 Å². The Morgan fingerprint density at radius 2 is 1.80 bits per heavy atom. The molecule has 0 spiro atoms. The van der Waals surface area contributed by atoms with Gasteiger partial charge in [-0.1, -0.05) is 13.8 Å². The summed E-state index contributed by atoms with van der Waals surface area (Å²) >= 11 is 0. The molecule has 0 aliphatic heterocycles. The molecule has 0 fully saturated rings. The van der Waals surface area contributed by atoms with Crippen LogP contribution in [0.2, 0.25) is 0 Å². The molecule has 4 nitrogen and oxygen atoms in total. The van der Waals surface area contributed by atoms with Gasteiger partial charge in [0.15, 0.2) is 6.10 Å². The third-order valence-electron chi connectivity index (χ3n) is 3.12. The highest BCUT2D eigenvalue weighted by Crippen LogP contribution is 2.31. The molecule has 3 N–H and O–H groups in total. The van der Waals surface area contributed by atoms with Crippen LogP contribution in [0.5, 0.6) is 5.75 Å². The van der Waals surface area contributed by atoms with Crippen molar-refractivity contribution in [1.82, 2.24) is 5.32 Å². The number of anilines is 1. The molecule has 1 atom stereocenters. The Morgan fingerprint density at radius 3 is 2.30 bits per heavy atom. The van der Waals surface area contributed by atoms with E-state index in [1.165, 1.54) is 0 Å². The summed E-state index contributed by atoms with van der Waals surface area (Å²) in [6.45, 7) is 11.7. The van der Waals surface area contributed by atoms with E-state index in [2.05, 4.69) is 19.2 Å². The maximum atomic E-state index is 11.9. The number of hydrogen-bond donors (Lipinski definition) is 2. The van der Waals surface area contributed by atoms with Crippen molar-refractivity contribution in [3.8, 4) is 5.75 Å². The minimum absolute atomic E-state index is 0.103. The van der Waals surface area contributed by atoms with Gasteiger partial charge in [-0.2, -0.15) is 0 Å². The Morgan fingerprint density at radius 1 is 1.20 bits per heavy atom. The fourth-order valence-corrected chi connectivity index (χ4v) is 1.91. The highest BCUT2D eigenvalue weighted by atomic mass is 16.5. The highest BCUT2D eigenvalue weighted by Gasteiger charge is 2.18. The number of aryl methyl sites for hydroxylation is 1. The fourth-order valence-electron chi connectivity index (χ4n) is 1.91. The van der Waals surface area contributed by atoms with Crippen LogP contribution in [0, 0.1) is 6.92 Å². The average molecular weight is 278 g/mol. The van der Waals surface area contributed by atoms with Crippen LogP contribution < -0.4 is 15.8 Å². The van der Waals surface area contributed by atoms with E-state index in [-0.39, 0.29) is 17.9 Å². The standard InChI is InChI=1S/C16H26N2O2/c1-9(2)13-8-14(17)11(5)7-15(13)20-12(6)16(19)18-10(3)4/h7-10,12H,17H2,1-6H3,(H,18,19). The molecule has 0 saturated heterocycles. The van der Waals surface area contributed by atoms with E-state index in [9.17, 15) is 4.79 Å². The first-order chi connectivity index (χ1) is 9.22. The Hall–Kier alpha value is -1.71. The van der Waals surface area contributed by atoms with E-state index in [4.69, 9.17) is 10.5 Å². The summed E-state index contributed by atoms with van der Waals surface area (Å²) in [6.07, 6.45) is -0.530. The second kappa shape index (κ2) is 6.64. The second-order valence-electron chi connectivity index (χ2n) is 5.82. The summed E-state index contributed by atoms with van der Waals surface area (Å²) < 4.78 is 5.84. The van der Waals surface area contributed by atoms with Crippen LogP contribution >= 0.6 is 0 Å². The Labute approximate surface area is 121 Å². The van der Waals surface area contributed by atoms with Gasteiger partial charge in [-0.25, -0.2) is 0 Å². The quantitative estimate of drug-likeness (QED) is 0.814. The van der Waals surface area contributed by atoms with Gasteiger partial charge in [0.1, 0.15) is 5.75 Å². The minimum atomic E-state index is -0.530. The number of rotatable bonds is 5. The lowest BCUT2D eigenvalue weighted by Gasteiger charge is -2.21. The summed E-state index contributed by atoms with van der Waals surface area (Å²) in [5.74, 6) is 0.913. The van der Waals surface area contributed by atoms with Gasteiger partial charge >= 0.3 is 0 Å². The number of carbonyl (C=O) groups is 1. The lowest BCUT2D eigenvalue weighted by Crippen LogP contribution is -2.40. The number of nitrogens with one attached hydrogen (secondary N) is 1. The lowest BCUT2D eigenvalue weighted by atomic mass is 9.99. The fraction of sp³-hybridized carbons (Fsp3) is 0.562. The molecule has 0 aliphatic rings. The third kappa shape index (κ3) is 4.15. The van der Waals surface area contributed by atoms with Gasteiger partial charge in [-0.15, -0.1) is 0 Å². The van der Waals surface area contributed by atoms with E-state index in [0.717, 1.165) is 22.6 Å². The molecule has 0 bridgehead atoms. The molecule has 0 aromatic heterocycles. The number of ether oxygens (including phenoxy) is 1. The SMILES string of the molecule is Cc1cc(OC(C)C(=O)NC(C)C)c(C(C)C)cc1N. The zero-order valence-corrected chi connectivity index (χ0v) is 13.3. The smallest absolute Gasteiger partial charge is 0.260 e. The van der Waals surface area contributed by atoms with Crippen LogP contribution in [0.25, 0.3) is 0 Å². The monoisotopic (exact) mass is 278 g/mol. The summed E-state index contributed by atoms with van der Waals surface area (Å²) in [7, 11) is 0. The van der Waals surface area contributed by atoms with Crippen LogP contribution in [-0.4, -0.2) is 18.1 Å². The number of benzene rings is 1. The third-order valence-corrected chi connectivity index (χ3v) is 3.12. The molecule has 1 unspecified atom stereocenters. The maximum absolute atomic E-state index is 11.9. The topological polar surface area (TPSA) is 64.3 Å². The van der Waals surface area contributed by atoms with Crippen molar-refractivity contribution in [1.29, 1.82) is 0 Å². The predicted molar refractivity (Wildman–Crippen MR) is 83.0 cm³/mol. The van der Waals surface area contributed by atoms with E-state index in [1.54, 1.807) is 6.92 Å². The van der Waals surface area contributed by atoms with Gasteiger partial charge in [0.05, 0.1) is 0 Å². The molecule has 1 rings (SSSR count). The molecule has 0 aliphatic carbocycles. The Bertz CT molecular complexity index is 482. The second-order valence-corrected chi connectivity index (χ2v) is 5.82. The van der Waals surface area contributed by atoms with Gasteiger partial charge in [0.25, 0.3) is 5.91 Å². The number of amides is 1. The van der Waals surface area contributed by atoms with E-state index < -0.39 is 6.10 Å². The number of carbonyl (C=O) groups excluding carboxylic acids is 1. The van der Waals surface area contributed by atoms with Crippen LogP contribution in [-0.2, 0) is 4.79 Å². The van der Waals surface area contributed by atoms with Crippen LogP contribution in [0.3, 0.4) is 0 Å². The highest BCUT2D eigenvalue weighted by molar-refractivity contribution is 5.81. The van der Waals surface area contributed by atoms with Crippen LogP contribution in [0.1, 0.15) is 51.7 Å².